The van der Waals surface area contributed by atoms with E-state index in [1.807, 2.05) is 13.8 Å². The topological polar surface area (TPSA) is 29.5 Å². The molecule has 0 amide bonds. The van der Waals surface area contributed by atoms with Crippen molar-refractivity contribution in [2.24, 2.45) is 0 Å². The Morgan fingerprint density at radius 2 is 2.16 bits per heavy atom. The van der Waals surface area contributed by atoms with Crippen LogP contribution in [0.1, 0.15) is 24.2 Å². The van der Waals surface area contributed by atoms with Crippen molar-refractivity contribution in [3.8, 4) is 0 Å². The number of halogens is 2. The van der Waals surface area contributed by atoms with E-state index < -0.39 is 23.5 Å². The molecule has 1 atom stereocenters. The van der Waals surface area contributed by atoms with Gasteiger partial charge >= 0.3 is 0 Å². The molecule has 0 spiro atoms. The van der Waals surface area contributed by atoms with Gasteiger partial charge in [0, 0.05) is 19.1 Å². The van der Waals surface area contributed by atoms with Crippen molar-refractivity contribution in [2.45, 2.75) is 26.0 Å². The normalized spacial score (nSPS) is 20.8. The minimum atomic E-state index is -0.729. The first-order valence-electron chi connectivity index (χ1n) is 6.34. The summed E-state index contributed by atoms with van der Waals surface area (Å²) in [4.78, 5) is 14.3. The monoisotopic (exact) mass is 269 g/mol. The van der Waals surface area contributed by atoms with E-state index in [1.165, 1.54) is 0 Å². The van der Waals surface area contributed by atoms with Gasteiger partial charge in [-0.05, 0) is 32.0 Å². The number of morpholine rings is 1. The lowest BCUT2D eigenvalue weighted by Crippen LogP contribution is -2.48. The molecule has 104 valence electrons. The van der Waals surface area contributed by atoms with Crippen LogP contribution in [-0.2, 0) is 4.74 Å². The van der Waals surface area contributed by atoms with Gasteiger partial charge in [0.2, 0.25) is 0 Å². The summed E-state index contributed by atoms with van der Waals surface area (Å²) >= 11 is 0. The summed E-state index contributed by atoms with van der Waals surface area (Å²) in [5, 5.41) is 0. The first kappa shape index (κ1) is 14.1. The maximum atomic E-state index is 13.6. The molecule has 0 N–H and O–H groups in total. The van der Waals surface area contributed by atoms with E-state index in [1.54, 1.807) is 0 Å². The van der Waals surface area contributed by atoms with Gasteiger partial charge < -0.3 is 4.74 Å². The summed E-state index contributed by atoms with van der Waals surface area (Å²) in [6, 6.07) is 3.17. The van der Waals surface area contributed by atoms with Gasteiger partial charge in [0.05, 0.1) is 12.2 Å². The molecule has 0 bridgehead atoms. The number of Topliss-reactive ketones (excluding diaryl/α,β-unsaturated/α-hetero) is 1. The van der Waals surface area contributed by atoms with Crippen molar-refractivity contribution in [2.75, 3.05) is 19.7 Å². The van der Waals surface area contributed by atoms with E-state index in [0.29, 0.717) is 13.2 Å². The molecule has 1 saturated heterocycles. The van der Waals surface area contributed by atoms with Gasteiger partial charge in [-0.15, -0.1) is 0 Å². The van der Waals surface area contributed by atoms with E-state index in [0.717, 1.165) is 24.7 Å². The first-order valence-corrected chi connectivity index (χ1v) is 6.34. The molecular weight excluding hydrogens is 252 g/mol. The highest BCUT2D eigenvalue weighted by molar-refractivity contribution is 6.00. The third-order valence-electron chi connectivity index (χ3n) is 3.31. The number of nitrogens with zero attached hydrogens (tertiary/aromatic N) is 1. The van der Waals surface area contributed by atoms with Crippen LogP contribution in [0.2, 0.25) is 0 Å². The molecule has 1 unspecified atom stereocenters. The van der Waals surface area contributed by atoms with E-state index in [2.05, 4.69) is 4.90 Å². The predicted octanol–water partition coefficient (Wildman–Crippen LogP) is 2.26. The molecule has 3 nitrogen and oxygen atoms in total. The summed E-state index contributed by atoms with van der Waals surface area (Å²) in [5.74, 6) is -1.83. The largest absolute Gasteiger partial charge is 0.367 e. The van der Waals surface area contributed by atoms with Gasteiger partial charge in [-0.25, -0.2) is 8.78 Å². The maximum Gasteiger partial charge on any atom is 0.195 e. The molecule has 0 radical (unpaired) electrons. The second kappa shape index (κ2) is 5.75. The number of carbonyl (C=O) groups is 1. The average Bonchev–Trinajstić information content (AvgIpc) is 2.41. The minimum Gasteiger partial charge on any atom is -0.367 e. The van der Waals surface area contributed by atoms with Gasteiger partial charge in [0.15, 0.2) is 5.78 Å². The van der Waals surface area contributed by atoms with Crippen LogP contribution in [-0.4, -0.2) is 42.5 Å². The van der Waals surface area contributed by atoms with Crippen LogP contribution in [0.4, 0.5) is 8.78 Å². The third-order valence-corrected chi connectivity index (χ3v) is 3.31. The second-order valence-corrected chi connectivity index (χ2v) is 4.94. The first-order chi connectivity index (χ1) is 8.99. The molecule has 1 fully saturated rings. The van der Waals surface area contributed by atoms with E-state index >= 15 is 0 Å². The Bertz CT molecular complexity index is 477. The Hall–Kier alpha value is -1.33. The zero-order valence-electron chi connectivity index (χ0n) is 11.0. The van der Waals surface area contributed by atoms with E-state index in [4.69, 9.17) is 4.74 Å². The lowest BCUT2D eigenvalue weighted by atomic mass is 10.0. The van der Waals surface area contributed by atoms with Crippen molar-refractivity contribution in [1.82, 2.24) is 4.90 Å². The van der Waals surface area contributed by atoms with Gasteiger partial charge in [-0.3, -0.25) is 9.69 Å². The predicted molar refractivity (Wildman–Crippen MR) is 67.1 cm³/mol. The van der Waals surface area contributed by atoms with Crippen molar-refractivity contribution >= 4 is 5.78 Å². The van der Waals surface area contributed by atoms with Crippen LogP contribution >= 0.6 is 0 Å². The lowest BCUT2D eigenvalue weighted by Gasteiger charge is -2.34. The van der Waals surface area contributed by atoms with E-state index in [9.17, 15) is 13.6 Å². The molecule has 19 heavy (non-hydrogen) atoms. The Kier molecular flexibility index (Phi) is 4.27. The van der Waals surface area contributed by atoms with Gasteiger partial charge in [0.25, 0.3) is 0 Å². The summed E-state index contributed by atoms with van der Waals surface area (Å²) in [7, 11) is 0. The number of ketones is 1. The van der Waals surface area contributed by atoms with Crippen molar-refractivity contribution < 1.29 is 18.3 Å². The number of ether oxygens (including phenoxy) is 1. The van der Waals surface area contributed by atoms with Crippen molar-refractivity contribution in [3.05, 3.63) is 35.4 Å². The lowest BCUT2D eigenvalue weighted by molar-refractivity contribution is -0.0257. The van der Waals surface area contributed by atoms with Crippen LogP contribution in [0.5, 0.6) is 0 Å². The molecule has 5 heteroatoms. The fourth-order valence-corrected chi connectivity index (χ4v) is 2.16. The fourth-order valence-electron chi connectivity index (χ4n) is 2.16. The second-order valence-electron chi connectivity index (χ2n) is 4.94. The van der Waals surface area contributed by atoms with Crippen LogP contribution in [0.25, 0.3) is 0 Å². The molecule has 1 aromatic carbocycles. The number of hydrogen-bond acceptors (Lipinski definition) is 3. The average molecular weight is 269 g/mol. The SMILES string of the molecule is CC(C)N1CCOC(C(=O)c2cc(F)ccc2F)C1. The number of carbonyl (C=O) groups excluding carboxylic acids is 1. The number of hydrogen-bond donors (Lipinski definition) is 0. The zero-order valence-corrected chi connectivity index (χ0v) is 11.0. The fraction of sp³-hybridized carbons (Fsp3) is 0.500. The highest BCUT2D eigenvalue weighted by Crippen LogP contribution is 2.17. The van der Waals surface area contributed by atoms with Crippen LogP contribution in [0.3, 0.4) is 0 Å². The quantitative estimate of drug-likeness (QED) is 0.788. The molecule has 1 aromatic rings. The summed E-state index contributed by atoms with van der Waals surface area (Å²) < 4.78 is 32.1. The van der Waals surface area contributed by atoms with Gasteiger partial charge in [-0.2, -0.15) is 0 Å². The Labute approximate surface area is 111 Å². The molecular formula is C14H17F2NO2. The number of rotatable bonds is 3. The smallest absolute Gasteiger partial charge is 0.195 e. The highest BCUT2D eigenvalue weighted by atomic mass is 19.1. The van der Waals surface area contributed by atoms with Crippen LogP contribution in [0, 0.1) is 11.6 Å². The minimum absolute atomic E-state index is 0.240. The highest BCUT2D eigenvalue weighted by Gasteiger charge is 2.30. The molecule has 1 aliphatic heterocycles. The van der Waals surface area contributed by atoms with Gasteiger partial charge in [0.1, 0.15) is 17.7 Å². The molecule has 1 heterocycles. The summed E-state index contributed by atoms with van der Waals surface area (Å²) in [5.41, 5.74) is -0.240. The summed E-state index contributed by atoms with van der Waals surface area (Å²) in [6.07, 6.45) is -0.729. The molecule has 0 aromatic heterocycles. The third kappa shape index (κ3) is 3.16. The number of benzene rings is 1. The van der Waals surface area contributed by atoms with Crippen molar-refractivity contribution in [1.29, 1.82) is 0 Å². The van der Waals surface area contributed by atoms with E-state index in [-0.39, 0.29) is 11.6 Å². The van der Waals surface area contributed by atoms with Crippen molar-refractivity contribution in [3.63, 3.8) is 0 Å². The zero-order chi connectivity index (χ0) is 14.0. The molecule has 0 aliphatic carbocycles. The molecule has 2 rings (SSSR count). The van der Waals surface area contributed by atoms with Crippen LogP contribution < -0.4 is 0 Å². The summed E-state index contributed by atoms with van der Waals surface area (Å²) in [6.45, 7) is 5.62. The maximum absolute atomic E-state index is 13.6. The van der Waals surface area contributed by atoms with Crippen LogP contribution in [0.15, 0.2) is 18.2 Å². The van der Waals surface area contributed by atoms with Gasteiger partial charge in [-0.1, -0.05) is 0 Å². The Morgan fingerprint density at radius 1 is 1.42 bits per heavy atom. The molecule has 1 aliphatic rings. The Balaban J connectivity index is 2.17. The standard InChI is InChI=1S/C14H17F2NO2/c1-9(2)17-5-6-19-13(8-17)14(18)11-7-10(15)3-4-12(11)16/h3-4,7,9,13H,5-6,8H2,1-2H3. The molecule has 0 saturated carbocycles. The Morgan fingerprint density at radius 3 is 2.84 bits per heavy atom.